The maximum Gasteiger partial charge on any atom is 0.224 e. The number of carbonyl (C=O) groups excluding carboxylic acids is 1. The van der Waals surface area contributed by atoms with Gasteiger partial charge in [0, 0.05) is 37.7 Å². The van der Waals surface area contributed by atoms with Crippen molar-refractivity contribution < 1.29 is 9.53 Å². The molecule has 0 radical (unpaired) electrons. The topological polar surface area (TPSA) is 47.4 Å². The SMILES string of the molecule is Cc1ccc(OC[C@@H]2CCCN(C(=O)CCn3nc(C)c(C)c3C)C2)cc1. The molecule has 0 saturated carbocycles. The van der Waals surface area contributed by atoms with Gasteiger partial charge in [0.2, 0.25) is 5.91 Å². The molecule has 1 saturated heterocycles. The zero-order valence-corrected chi connectivity index (χ0v) is 17.0. The highest BCUT2D eigenvalue weighted by molar-refractivity contribution is 5.76. The normalized spacial score (nSPS) is 17.2. The predicted molar refractivity (Wildman–Crippen MR) is 107 cm³/mol. The van der Waals surface area contributed by atoms with Crippen molar-refractivity contribution >= 4 is 5.91 Å². The first-order valence-electron chi connectivity index (χ1n) is 9.92. The number of likely N-dealkylation sites (tertiary alicyclic amines) is 1. The molecule has 1 aromatic heterocycles. The fraction of sp³-hybridized carbons (Fsp3) is 0.545. The van der Waals surface area contributed by atoms with E-state index in [4.69, 9.17) is 4.74 Å². The summed E-state index contributed by atoms with van der Waals surface area (Å²) in [6.07, 6.45) is 2.67. The number of hydrogen-bond acceptors (Lipinski definition) is 3. The maximum absolute atomic E-state index is 12.7. The number of aromatic nitrogens is 2. The predicted octanol–water partition coefficient (Wildman–Crippen LogP) is 3.82. The van der Waals surface area contributed by atoms with Gasteiger partial charge in [0.15, 0.2) is 0 Å². The zero-order valence-electron chi connectivity index (χ0n) is 17.0. The van der Waals surface area contributed by atoms with Gasteiger partial charge in [-0.15, -0.1) is 0 Å². The fourth-order valence-electron chi connectivity index (χ4n) is 3.64. The van der Waals surface area contributed by atoms with Gasteiger partial charge >= 0.3 is 0 Å². The molecule has 2 aromatic rings. The Morgan fingerprint density at radius 3 is 2.59 bits per heavy atom. The highest BCUT2D eigenvalue weighted by atomic mass is 16.5. The van der Waals surface area contributed by atoms with E-state index in [0.29, 0.717) is 25.5 Å². The van der Waals surface area contributed by atoms with Crippen LogP contribution in [0.3, 0.4) is 0 Å². The number of carbonyl (C=O) groups is 1. The Kier molecular flexibility index (Phi) is 6.19. The Morgan fingerprint density at radius 2 is 1.93 bits per heavy atom. The third-order valence-electron chi connectivity index (χ3n) is 5.66. The number of benzene rings is 1. The van der Waals surface area contributed by atoms with Crippen molar-refractivity contribution in [3.8, 4) is 5.75 Å². The van der Waals surface area contributed by atoms with Crippen LogP contribution in [0.5, 0.6) is 5.75 Å². The van der Waals surface area contributed by atoms with Crippen molar-refractivity contribution in [3.05, 3.63) is 46.8 Å². The molecule has 3 rings (SSSR count). The number of piperidine rings is 1. The molecule has 27 heavy (non-hydrogen) atoms. The molecule has 1 amide bonds. The minimum atomic E-state index is 0.222. The Bertz CT molecular complexity index is 780. The summed E-state index contributed by atoms with van der Waals surface area (Å²) in [4.78, 5) is 14.7. The van der Waals surface area contributed by atoms with Crippen molar-refractivity contribution in [2.24, 2.45) is 5.92 Å². The van der Waals surface area contributed by atoms with Gasteiger partial charge in [-0.1, -0.05) is 17.7 Å². The Morgan fingerprint density at radius 1 is 1.19 bits per heavy atom. The second kappa shape index (κ2) is 8.59. The lowest BCUT2D eigenvalue weighted by Crippen LogP contribution is -2.41. The summed E-state index contributed by atoms with van der Waals surface area (Å²) in [5, 5.41) is 4.54. The second-order valence-corrected chi connectivity index (χ2v) is 7.74. The minimum absolute atomic E-state index is 0.222. The van der Waals surface area contributed by atoms with E-state index in [1.54, 1.807) is 0 Å². The van der Waals surface area contributed by atoms with Gasteiger partial charge in [-0.25, -0.2) is 0 Å². The first-order chi connectivity index (χ1) is 12.9. The monoisotopic (exact) mass is 369 g/mol. The number of nitrogens with zero attached hydrogens (tertiary/aromatic N) is 3. The number of aryl methyl sites for hydroxylation is 3. The summed E-state index contributed by atoms with van der Waals surface area (Å²) < 4.78 is 7.90. The molecule has 1 atom stereocenters. The number of hydrogen-bond donors (Lipinski definition) is 0. The summed E-state index contributed by atoms with van der Waals surface area (Å²) >= 11 is 0. The minimum Gasteiger partial charge on any atom is -0.493 e. The van der Waals surface area contributed by atoms with Crippen LogP contribution in [0.4, 0.5) is 0 Å². The van der Waals surface area contributed by atoms with Crippen LogP contribution in [0, 0.1) is 33.6 Å². The quantitative estimate of drug-likeness (QED) is 0.778. The van der Waals surface area contributed by atoms with Gasteiger partial charge in [0.25, 0.3) is 0 Å². The Hall–Kier alpha value is -2.30. The first kappa shape index (κ1) is 19.5. The summed E-state index contributed by atoms with van der Waals surface area (Å²) in [5.74, 6) is 1.53. The number of ether oxygens (including phenoxy) is 1. The lowest BCUT2D eigenvalue weighted by Gasteiger charge is -2.32. The molecule has 1 aromatic carbocycles. The van der Waals surface area contributed by atoms with Crippen LogP contribution < -0.4 is 4.74 Å². The van der Waals surface area contributed by atoms with Crippen LogP contribution >= 0.6 is 0 Å². The van der Waals surface area contributed by atoms with E-state index in [0.717, 1.165) is 43.1 Å². The Labute approximate surface area is 162 Å². The lowest BCUT2D eigenvalue weighted by molar-refractivity contribution is -0.133. The van der Waals surface area contributed by atoms with Crippen LogP contribution in [-0.2, 0) is 11.3 Å². The molecular weight excluding hydrogens is 338 g/mol. The van der Waals surface area contributed by atoms with E-state index in [-0.39, 0.29) is 5.91 Å². The maximum atomic E-state index is 12.7. The summed E-state index contributed by atoms with van der Waals surface area (Å²) in [6.45, 7) is 11.2. The van der Waals surface area contributed by atoms with Crippen molar-refractivity contribution in [3.63, 3.8) is 0 Å². The van der Waals surface area contributed by atoms with Gasteiger partial charge in [0.1, 0.15) is 5.75 Å². The molecule has 2 heterocycles. The van der Waals surface area contributed by atoms with Crippen molar-refractivity contribution in [2.75, 3.05) is 19.7 Å². The average molecular weight is 370 g/mol. The molecule has 1 aliphatic heterocycles. The van der Waals surface area contributed by atoms with Gasteiger partial charge in [-0.2, -0.15) is 5.10 Å². The van der Waals surface area contributed by atoms with E-state index in [2.05, 4.69) is 38.0 Å². The number of amides is 1. The van der Waals surface area contributed by atoms with Crippen LogP contribution in [0.2, 0.25) is 0 Å². The summed E-state index contributed by atoms with van der Waals surface area (Å²) in [6, 6.07) is 8.15. The van der Waals surface area contributed by atoms with Gasteiger partial charge in [-0.3, -0.25) is 9.48 Å². The molecule has 146 valence electrons. The molecule has 0 aliphatic carbocycles. The molecule has 0 unspecified atom stereocenters. The molecule has 1 fully saturated rings. The van der Waals surface area contributed by atoms with Crippen LogP contribution in [0.15, 0.2) is 24.3 Å². The standard InChI is InChI=1S/C22H31N3O2/c1-16-7-9-21(10-8-16)27-15-20-6-5-12-24(14-20)22(26)11-13-25-19(4)17(2)18(3)23-25/h7-10,20H,5-6,11-15H2,1-4H3/t20-/m1/s1. The highest BCUT2D eigenvalue weighted by Crippen LogP contribution is 2.20. The Balaban J connectivity index is 1.48. The largest absolute Gasteiger partial charge is 0.493 e. The molecule has 0 spiro atoms. The molecule has 0 bridgehead atoms. The van der Waals surface area contributed by atoms with Crippen molar-refractivity contribution in [1.82, 2.24) is 14.7 Å². The highest BCUT2D eigenvalue weighted by Gasteiger charge is 2.24. The van der Waals surface area contributed by atoms with E-state index in [9.17, 15) is 4.79 Å². The van der Waals surface area contributed by atoms with Gasteiger partial charge in [0.05, 0.1) is 12.3 Å². The molecule has 5 heteroatoms. The van der Waals surface area contributed by atoms with E-state index >= 15 is 0 Å². The third-order valence-corrected chi connectivity index (χ3v) is 5.66. The first-order valence-corrected chi connectivity index (χ1v) is 9.92. The van der Waals surface area contributed by atoms with Gasteiger partial charge < -0.3 is 9.64 Å². The van der Waals surface area contributed by atoms with E-state index < -0.39 is 0 Å². The zero-order chi connectivity index (χ0) is 19.4. The van der Waals surface area contributed by atoms with Crippen LogP contribution in [0.25, 0.3) is 0 Å². The van der Waals surface area contributed by atoms with Crippen molar-refractivity contribution in [1.29, 1.82) is 0 Å². The molecule has 5 nitrogen and oxygen atoms in total. The second-order valence-electron chi connectivity index (χ2n) is 7.74. The van der Waals surface area contributed by atoms with Crippen molar-refractivity contribution in [2.45, 2.75) is 53.5 Å². The molecular formula is C22H31N3O2. The van der Waals surface area contributed by atoms with E-state index in [1.807, 2.05) is 28.6 Å². The third kappa shape index (κ3) is 4.90. The molecule has 0 N–H and O–H groups in total. The lowest BCUT2D eigenvalue weighted by atomic mass is 9.98. The van der Waals surface area contributed by atoms with Crippen LogP contribution in [0.1, 0.15) is 41.8 Å². The fourth-order valence-corrected chi connectivity index (χ4v) is 3.64. The smallest absolute Gasteiger partial charge is 0.224 e. The average Bonchev–Trinajstić information content (AvgIpc) is 2.92. The summed E-state index contributed by atoms with van der Waals surface area (Å²) in [7, 11) is 0. The van der Waals surface area contributed by atoms with Crippen LogP contribution in [-0.4, -0.2) is 40.3 Å². The van der Waals surface area contributed by atoms with E-state index in [1.165, 1.54) is 11.1 Å². The summed E-state index contributed by atoms with van der Waals surface area (Å²) in [5.41, 5.74) is 4.65. The molecule has 1 aliphatic rings. The van der Waals surface area contributed by atoms with Gasteiger partial charge in [-0.05, 0) is 58.2 Å². The number of rotatable bonds is 6.